The Bertz CT molecular complexity index is 1180. The van der Waals surface area contributed by atoms with Crippen molar-refractivity contribution >= 4 is 39.3 Å². The highest BCUT2D eigenvalue weighted by atomic mass is 79.9. The molecule has 0 aliphatic rings. The van der Waals surface area contributed by atoms with Crippen molar-refractivity contribution in [1.82, 2.24) is 14.8 Å². The molecule has 1 amide bonds. The smallest absolute Gasteiger partial charge is 0.234 e. The van der Waals surface area contributed by atoms with Crippen molar-refractivity contribution in [1.29, 1.82) is 0 Å². The van der Waals surface area contributed by atoms with Crippen LogP contribution in [0, 0.1) is 0 Å². The lowest BCUT2D eigenvalue weighted by atomic mass is 10.2. The number of hydrogen-bond donors (Lipinski definition) is 1. The van der Waals surface area contributed by atoms with Gasteiger partial charge in [0, 0.05) is 10.0 Å². The topological polar surface area (TPSA) is 82.2 Å². The first kappa shape index (κ1) is 21.2. The Balaban J connectivity index is 1.56. The number of rotatable bonds is 8. The third-order valence-corrected chi connectivity index (χ3v) is 6.08. The number of aromatic nitrogens is 3. The molecule has 4 aromatic rings. The molecule has 0 atom stereocenters. The summed E-state index contributed by atoms with van der Waals surface area (Å²) >= 11 is 4.75. The third-order valence-electron chi connectivity index (χ3n) is 4.42. The number of carbonyl (C=O) groups is 1. The van der Waals surface area contributed by atoms with E-state index in [1.54, 1.807) is 13.4 Å². The molecule has 1 N–H and O–H groups in total. The Morgan fingerprint density at radius 3 is 2.81 bits per heavy atom. The summed E-state index contributed by atoms with van der Waals surface area (Å²) in [5, 5.41) is 12.2. The van der Waals surface area contributed by atoms with E-state index in [0.717, 1.165) is 27.2 Å². The molecule has 31 heavy (non-hydrogen) atoms. The van der Waals surface area contributed by atoms with Crippen LogP contribution in [-0.2, 0) is 11.3 Å². The van der Waals surface area contributed by atoms with Crippen molar-refractivity contribution in [2.45, 2.75) is 11.7 Å². The highest BCUT2D eigenvalue weighted by molar-refractivity contribution is 9.10. The van der Waals surface area contributed by atoms with E-state index in [0.29, 0.717) is 17.5 Å². The van der Waals surface area contributed by atoms with Crippen molar-refractivity contribution in [3.05, 3.63) is 77.2 Å². The van der Waals surface area contributed by atoms with Crippen molar-refractivity contribution in [3.8, 4) is 17.1 Å². The minimum absolute atomic E-state index is 0.132. The Morgan fingerprint density at radius 2 is 2.03 bits per heavy atom. The van der Waals surface area contributed by atoms with Crippen LogP contribution >= 0.6 is 27.7 Å². The first-order valence-electron chi connectivity index (χ1n) is 9.41. The van der Waals surface area contributed by atoms with Gasteiger partial charge in [0.2, 0.25) is 5.91 Å². The predicted octanol–water partition coefficient (Wildman–Crippen LogP) is 5.09. The van der Waals surface area contributed by atoms with Gasteiger partial charge in [0.15, 0.2) is 11.0 Å². The normalized spacial score (nSPS) is 10.8. The highest BCUT2D eigenvalue weighted by Crippen LogP contribution is 2.28. The summed E-state index contributed by atoms with van der Waals surface area (Å²) < 4.78 is 13.6. The van der Waals surface area contributed by atoms with E-state index in [2.05, 4.69) is 31.4 Å². The number of anilines is 1. The first-order chi connectivity index (χ1) is 15.1. The van der Waals surface area contributed by atoms with Crippen LogP contribution < -0.4 is 10.1 Å². The van der Waals surface area contributed by atoms with Crippen LogP contribution in [0.4, 0.5) is 5.69 Å². The van der Waals surface area contributed by atoms with Gasteiger partial charge >= 0.3 is 0 Å². The Labute approximate surface area is 191 Å². The standard InChI is InChI=1S/C22H19BrN4O3S/c1-29-16-7-4-6-15(12-16)21-25-26-22(27(21)13-17-8-5-11-30-17)31-14-20(28)24-19-10-3-2-9-18(19)23/h2-12H,13-14H2,1H3,(H,24,28). The second kappa shape index (κ2) is 9.84. The molecule has 0 spiro atoms. The van der Waals surface area contributed by atoms with E-state index in [4.69, 9.17) is 9.15 Å². The molecule has 9 heteroatoms. The van der Waals surface area contributed by atoms with Crippen LogP contribution in [0.2, 0.25) is 0 Å². The van der Waals surface area contributed by atoms with Crippen molar-refractivity contribution in [3.63, 3.8) is 0 Å². The lowest BCUT2D eigenvalue weighted by Crippen LogP contribution is -2.15. The summed E-state index contributed by atoms with van der Waals surface area (Å²) in [6, 6.07) is 18.8. The number of amides is 1. The van der Waals surface area contributed by atoms with E-state index >= 15 is 0 Å². The molecule has 7 nitrogen and oxygen atoms in total. The number of para-hydroxylation sites is 1. The fourth-order valence-electron chi connectivity index (χ4n) is 2.95. The second-order valence-electron chi connectivity index (χ2n) is 6.52. The molecule has 2 aromatic carbocycles. The third kappa shape index (κ3) is 5.18. The summed E-state index contributed by atoms with van der Waals surface area (Å²) in [5.74, 6) is 2.22. The van der Waals surface area contributed by atoms with Gasteiger partial charge in [-0.3, -0.25) is 9.36 Å². The molecule has 0 aliphatic heterocycles. The summed E-state index contributed by atoms with van der Waals surface area (Å²) in [6.45, 7) is 0.445. The minimum atomic E-state index is -0.132. The molecule has 2 heterocycles. The van der Waals surface area contributed by atoms with Gasteiger partial charge in [-0.25, -0.2) is 0 Å². The summed E-state index contributed by atoms with van der Waals surface area (Å²) in [5.41, 5.74) is 1.59. The zero-order chi connectivity index (χ0) is 21.6. The van der Waals surface area contributed by atoms with E-state index < -0.39 is 0 Å². The molecule has 0 unspecified atom stereocenters. The van der Waals surface area contributed by atoms with Gasteiger partial charge in [0.1, 0.15) is 11.5 Å². The van der Waals surface area contributed by atoms with Gasteiger partial charge in [0.25, 0.3) is 0 Å². The fraction of sp³-hybridized carbons (Fsp3) is 0.136. The number of nitrogens with one attached hydrogen (secondary N) is 1. The van der Waals surface area contributed by atoms with Crippen LogP contribution in [0.1, 0.15) is 5.76 Å². The Kier molecular flexibility index (Phi) is 6.73. The second-order valence-corrected chi connectivity index (χ2v) is 8.32. The number of nitrogens with zero attached hydrogens (tertiary/aromatic N) is 3. The van der Waals surface area contributed by atoms with Crippen LogP contribution in [0.15, 0.2) is 81.0 Å². The summed E-state index contributed by atoms with van der Waals surface area (Å²) in [7, 11) is 1.62. The van der Waals surface area contributed by atoms with Crippen LogP contribution in [0.5, 0.6) is 5.75 Å². The maximum Gasteiger partial charge on any atom is 0.234 e. The highest BCUT2D eigenvalue weighted by Gasteiger charge is 2.18. The molecule has 4 rings (SSSR count). The zero-order valence-corrected chi connectivity index (χ0v) is 19.0. The molecule has 2 aromatic heterocycles. The maximum absolute atomic E-state index is 12.5. The molecular formula is C22H19BrN4O3S. The minimum Gasteiger partial charge on any atom is -0.497 e. The van der Waals surface area contributed by atoms with Gasteiger partial charge in [0.05, 0.1) is 31.4 Å². The van der Waals surface area contributed by atoms with Crippen molar-refractivity contribution in [2.24, 2.45) is 0 Å². The Hall–Kier alpha value is -3.04. The van der Waals surface area contributed by atoms with E-state index in [1.807, 2.05) is 65.2 Å². The van der Waals surface area contributed by atoms with E-state index in [1.165, 1.54) is 11.8 Å². The van der Waals surface area contributed by atoms with Crippen molar-refractivity contribution in [2.75, 3.05) is 18.2 Å². The number of hydrogen-bond acceptors (Lipinski definition) is 6. The molecule has 0 saturated carbocycles. The van der Waals surface area contributed by atoms with Crippen LogP contribution in [0.25, 0.3) is 11.4 Å². The Morgan fingerprint density at radius 1 is 1.16 bits per heavy atom. The first-order valence-corrected chi connectivity index (χ1v) is 11.2. The number of carbonyl (C=O) groups excluding carboxylic acids is 1. The number of thioether (sulfide) groups is 1. The molecular weight excluding hydrogens is 480 g/mol. The lowest BCUT2D eigenvalue weighted by Gasteiger charge is -2.10. The number of benzene rings is 2. The zero-order valence-electron chi connectivity index (χ0n) is 16.6. The van der Waals surface area contributed by atoms with Gasteiger partial charge in [-0.1, -0.05) is 36.0 Å². The summed E-state index contributed by atoms with van der Waals surface area (Å²) in [6.07, 6.45) is 1.63. The van der Waals surface area contributed by atoms with Crippen LogP contribution in [0.3, 0.4) is 0 Å². The largest absolute Gasteiger partial charge is 0.497 e. The lowest BCUT2D eigenvalue weighted by molar-refractivity contribution is -0.113. The van der Waals surface area contributed by atoms with Gasteiger partial charge in [-0.15, -0.1) is 10.2 Å². The summed E-state index contributed by atoms with van der Waals surface area (Å²) in [4.78, 5) is 12.5. The maximum atomic E-state index is 12.5. The fourth-order valence-corrected chi connectivity index (χ4v) is 4.07. The molecule has 0 aliphatic carbocycles. The molecule has 0 bridgehead atoms. The average Bonchev–Trinajstić information content (AvgIpc) is 3.44. The molecule has 0 fully saturated rings. The van der Waals surface area contributed by atoms with Crippen LogP contribution in [-0.4, -0.2) is 33.5 Å². The van der Waals surface area contributed by atoms with Crippen molar-refractivity contribution < 1.29 is 13.9 Å². The molecule has 158 valence electrons. The number of halogens is 1. The molecule has 0 saturated heterocycles. The van der Waals surface area contributed by atoms with Gasteiger partial charge in [-0.2, -0.15) is 0 Å². The number of ether oxygens (including phenoxy) is 1. The van der Waals surface area contributed by atoms with Gasteiger partial charge in [-0.05, 0) is 52.3 Å². The average molecular weight is 499 g/mol. The monoisotopic (exact) mass is 498 g/mol. The number of methoxy groups -OCH3 is 1. The van der Waals surface area contributed by atoms with Gasteiger partial charge < -0.3 is 14.5 Å². The van der Waals surface area contributed by atoms with E-state index in [9.17, 15) is 4.79 Å². The molecule has 0 radical (unpaired) electrons. The SMILES string of the molecule is COc1cccc(-c2nnc(SCC(=O)Nc3ccccc3Br)n2Cc2ccco2)c1. The van der Waals surface area contributed by atoms with E-state index in [-0.39, 0.29) is 11.7 Å². The number of furan rings is 1. The quantitative estimate of drug-likeness (QED) is 0.340. The predicted molar refractivity (Wildman–Crippen MR) is 123 cm³/mol.